The van der Waals surface area contributed by atoms with Crippen LogP contribution in [0.5, 0.6) is 0 Å². The van der Waals surface area contributed by atoms with Gasteiger partial charge in [0.15, 0.2) is 0 Å². The summed E-state index contributed by atoms with van der Waals surface area (Å²) in [5.74, 6) is 0.591. The Hall–Kier alpha value is -3.01. The Labute approximate surface area is 220 Å². The molecule has 9 heteroatoms. The van der Waals surface area contributed by atoms with Crippen molar-refractivity contribution in [2.24, 2.45) is 0 Å². The van der Waals surface area contributed by atoms with E-state index in [-0.39, 0.29) is 10.9 Å². The number of benzene rings is 2. The quantitative estimate of drug-likeness (QED) is 0.468. The maximum atomic E-state index is 12.7. The highest BCUT2D eigenvalue weighted by Gasteiger charge is 2.21. The van der Waals surface area contributed by atoms with E-state index in [9.17, 15) is 8.42 Å². The Balaban J connectivity index is 1.35. The van der Waals surface area contributed by atoms with Crippen molar-refractivity contribution in [3.8, 4) is 0 Å². The summed E-state index contributed by atoms with van der Waals surface area (Å²) in [6.45, 7) is 7.87. The van der Waals surface area contributed by atoms with Crippen molar-refractivity contribution in [1.29, 1.82) is 0 Å². The van der Waals surface area contributed by atoms with Gasteiger partial charge in [-0.15, -0.1) is 0 Å². The Bertz CT molecular complexity index is 1350. The summed E-state index contributed by atoms with van der Waals surface area (Å²) >= 11 is 0. The number of aromatic nitrogens is 2. The van der Waals surface area contributed by atoms with Gasteiger partial charge in [-0.1, -0.05) is 12.1 Å². The molecular weight excluding hydrogens is 484 g/mol. The molecule has 2 N–H and O–H groups in total. The predicted octanol–water partition coefficient (Wildman–Crippen LogP) is 3.74. The molecule has 0 spiro atoms. The SMILES string of the molecule is CC(C)NS(=O)(=O)c1cccc(Cc2nc(Nc3ccc(N4CCN(C)CC4)cc3)nc3c2CCC3)c1. The fraction of sp³-hybridized carbons (Fsp3) is 0.429. The van der Waals surface area contributed by atoms with Crippen LogP contribution in [0.2, 0.25) is 0 Å². The van der Waals surface area contributed by atoms with Crippen LogP contribution in [0, 0.1) is 0 Å². The molecule has 1 aliphatic heterocycles. The molecule has 2 heterocycles. The fourth-order valence-corrected chi connectivity index (χ4v) is 6.38. The normalized spacial score (nSPS) is 16.3. The zero-order valence-electron chi connectivity index (χ0n) is 21.9. The number of rotatable bonds is 8. The first-order valence-electron chi connectivity index (χ1n) is 13.1. The molecule has 1 aliphatic carbocycles. The van der Waals surface area contributed by atoms with Gasteiger partial charge in [-0.3, -0.25) is 0 Å². The highest BCUT2D eigenvalue weighted by molar-refractivity contribution is 7.89. The summed E-state index contributed by atoms with van der Waals surface area (Å²) in [6, 6.07) is 15.4. The molecule has 196 valence electrons. The van der Waals surface area contributed by atoms with Crippen LogP contribution in [-0.2, 0) is 29.3 Å². The Kier molecular flexibility index (Phi) is 7.46. The van der Waals surface area contributed by atoms with Crippen molar-refractivity contribution < 1.29 is 8.42 Å². The lowest BCUT2D eigenvalue weighted by Crippen LogP contribution is -2.44. The van der Waals surface area contributed by atoms with Gasteiger partial charge in [0.05, 0.1) is 10.6 Å². The molecule has 3 aromatic rings. The summed E-state index contributed by atoms with van der Waals surface area (Å²) in [5, 5.41) is 3.40. The molecule has 0 radical (unpaired) electrons. The topological polar surface area (TPSA) is 90.5 Å². The monoisotopic (exact) mass is 520 g/mol. The van der Waals surface area contributed by atoms with Crippen LogP contribution in [0.3, 0.4) is 0 Å². The van der Waals surface area contributed by atoms with Crippen LogP contribution < -0.4 is 14.9 Å². The summed E-state index contributed by atoms with van der Waals surface area (Å²) in [6.07, 6.45) is 3.52. The third-order valence-electron chi connectivity index (χ3n) is 6.98. The third-order valence-corrected chi connectivity index (χ3v) is 8.64. The van der Waals surface area contributed by atoms with Crippen LogP contribution in [0.25, 0.3) is 0 Å². The van der Waals surface area contributed by atoms with Crippen molar-refractivity contribution in [3.63, 3.8) is 0 Å². The largest absolute Gasteiger partial charge is 0.369 e. The number of hydrogen-bond acceptors (Lipinski definition) is 7. The molecule has 5 rings (SSSR count). The smallest absolute Gasteiger partial charge is 0.240 e. The van der Waals surface area contributed by atoms with E-state index in [1.54, 1.807) is 18.2 Å². The van der Waals surface area contributed by atoms with E-state index in [0.717, 1.165) is 68.1 Å². The Morgan fingerprint density at radius 2 is 1.73 bits per heavy atom. The third kappa shape index (κ3) is 6.11. The van der Waals surface area contributed by atoms with E-state index in [4.69, 9.17) is 9.97 Å². The lowest BCUT2D eigenvalue weighted by Gasteiger charge is -2.34. The van der Waals surface area contributed by atoms with E-state index >= 15 is 0 Å². The number of piperazine rings is 1. The number of aryl methyl sites for hydroxylation is 1. The molecule has 0 unspecified atom stereocenters. The van der Waals surface area contributed by atoms with Crippen molar-refractivity contribution >= 4 is 27.3 Å². The van der Waals surface area contributed by atoms with E-state index in [1.165, 1.54) is 11.3 Å². The van der Waals surface area contributed by atoms with Gasteiger partial charge in [0, 0.05) is 55.7 Å². The van der Waals surface area contributed by atoms with E-state index in [0.29, 0.717) is 12.4 Å². The average molecular weight is 521 g/mol. The molecule has 1 aromatic heterocycles. The van der Waals surface area contributed by atoms with Gasteiger partial charge in [-0.05, 0) is 87.7 Å². The molecule has 0 amide bonds. The molecule has 1 saturated heterocycles. The first kappa shape index (κ1) is 25.6. The van der Waals surface area contributed by atoms with Gasteiger partial charge in [0.1, 0.15) is 0 Å². The minimum atomic E-state index is -3.55. The minimum Gasteiger partial charge on any atom is -0.369 e. The summed E-state index contributed by atoms with van der Waals surface area (Å²) < 4.78 is 28.0. The van der Waals surface area contributed by atoms with Gasteiger partial charge < -0.3 is 15.1 Å². The second-order valence-electron chi connectivity index (χ2n) is 10.3. The number of hydrogen-bond donors (Lipinski definition) is 2. The molecule has 0 bridgehead atoms. The molecule has 2 aliphatic rings. The fourth-order valence-electron chi connectivity index (χ4n) is 5.06. The van der Waals surface area contributed by atoms with Gasteiger partial charge >= 0.3 is 0 Å². The minimum absolute atomic E-state index is 0.164. The van der Waals surface area contributed by atoms with Gasteiger partial charge in [-0.25, -0.2) is 23.1 Å². The zero-order valence-corrected chi connectivity index (χ0v) is 22.7. The van der Waals surface area contributed by atoms with Crippen molar-refractivity contribution in [2.45, 2.75) is 50.5 Å². The van der Waals surface area contributed by atoms with Crippen LogP contribution in [0.1, 0.15) is 42.8 Å². The summed E-state index contributed by atoms with van der Waals surface area (Å²) in [4.78, 5) is 14.8. The predicted molar refractivity (Wildman–Crippen MR) is 148 cm³/mol. The van der Waals surface area contributed by atoms with Gasteiger partial charge in [0.25, 0.3) is 0 Å². The highest BCUT2D eigenvalue weighted by Crippen LogP contribution is 2.28. The first-order chi connectivity index (χ1) is 17.8. The van der Waals surface area contributed by atoms with Crippen LogP contribution in [0.15, 0.2) is 53.4 Å². The number of nitrogens with zero attached hydrogens (tertiary/aromatic N) is 4. The molecule has 2 aromatic carbocycles. The number of nitrogens with one attached hydrogen (secondary N) is 2. The van der Waals surface area contributed by atoms with Crippen LogP contribution in [-0.4, -0.2) is 62.6 Å². The van der Waals surface area contributed by atoms with E-state index in [1.807, 2.05) is 19.9 Å². The molecule has 0 atom stereocenters. The lowest BCUT2D eigenvalue weighted by atomic mass is 10.0. The maximum absolute atomic E-state index is 12.7. The maximum Gasteiger partial charge on any atom is 0.240 e. The van der Waals surface area contributed by atoms with Crippen LogP contribution >= 0.6 is 0 Å². The zero-order chi connectivity index (χ0) is 26.0. The number of anilines is 3. The Morgan fingerprint density at radius 3 is 2.46 bits per heavy atom. The molecule has 8 nitrogen and oxygen atoms in total. The molecule has 37 heavy (non-hydrogen) atoms. The number of fused-ring (bicyclic) bond motifs is 1. The van der Waals surface area contributed by atoms with Crippen LogP contribution in [0.4, 0.5) is 17.3 Å². The second-order valence-corrected chi connectivity index (χ2v) is 12.0. The number of sulfonamides is 1. The van der Waals surface area contributed by atoms with Crippen molar-refractivity contribution in [1.82, 2.24) is 19.6 Å². The standard InChI is InChI=1S/C28H36N6O2S/c1-20(2)32-37(35,36)24-7-4-6-21(18-24)19-27-25-8-5-9-26(25)30-28(31-27)29-22-10-12-23(13-11-22)34-16-14-33(3)15-17-34/h4,6-7,10-13,18,20,32H,5,8-9,14-17,19H2,1-3H3,(H,29,30,31). The molecule has 0 saturated carbocycles. The van der Waals surface area contributed by atoms with Gasteiger partial charge in [0.2, 0.25) is 16.0 Å². The van der Waals surface area contributed by atoms with E-state index < -0.39 is 10.0 Å². The Morgan fingerprint density at radius 1 is 0.973 bits per heavy atom. The van der Waals surface area contributed by atoms with E-state index in [2.05, 4.69) is 51.2 Å². The van der Waals surface area contributed by atoms with Crippen molar-refractivity contribution in [3.05, 3.63) is 71.0 Å². The summed E-state index contributed by atoms with van der Waals surface area (Å²) in [7, 11) is -1.39. The number of likely N-dealkylation sites (N-methyl/N-ethyl adjacent to an activating group) is 1. The molecule has 1 fully saturated rings. The summed E-state index contributed by atoms with van der Waals surface area (Å²) in [5.41, 5.74) is 6.36. The average Bonchev–Trinajstić information content (AvgIpc) is 3.34. The molecular formula is C28H36N6O2S. The first-order valence-corrected chi connectivity index (χ1v) is 14.6. The van der Waals surface area contributed by atoms with Gasteiger partial charge in [-0.2, -0.15) is 0 Å². The lowest BCUT2D eigenvalue weighted by molar-refractivity contribution is 0.313. The highest BCUT2D eigenvalue weighted by atomic mass is 32.2. The second kappa shape index (κ2) is 10.8. The van der Waals surface area contributed by atoms with Crippen molar-refractivity contribution in [2.75, 3.05) is 43.4 Å².